The van der Waals surface area contributed by atoms with E-state index in [-0.39, 0.29) is 0 Å². The summed E-state index contributed by atoms with van der Waals surface area (Å²) in [6.07, 6.45) is 5.48. The van der Waals surface area contributed by atoms with E-state index in [0.717, 1.165) is 33.9 Å². The molecular formula is C15H13N5S. The van der Waals surface area contributed by atoms with Crippen molar-refractivity contribution in [1.82, 2.24) is 19.4 Å². The molecule has 1 aromatic carbocycles. The van der Waals surface area contributed by atoms with Crippen LogP contribution in [0.5, 0.6) is 0 Å². The van der Waals surface area contributed by atoms with Gasteiger partial charge in [0.1, 0.15) is 0 Å². The summed E-state index contributed by atoms with van der Waals surface area (Å²) < 4.78 is 2.13. The number of hydrogen-bond acceptors (Lipinski definition) is 5. The van der Waals surface area contributed by atoms with Crippen LogP contribution in [-0.2, 0) is 6.54 Å². The standard InChI is InChI=1S/C15H13N5S/c1-10-14(20-6-7-21-15(20)19-10)9-18-11-2-3-12-13(8-11)17-5-4-16-12/h2-8,18H,9H2,1H3. The number of rotatable bonds is 3. The molecular weight excluding hydrogens is 282 g/mol. The largest absolute Gasteiger partial charge is 0.379 e. The molecule has 0 amide bonds. The number of nitrogens with one attached hydrogen (secondary N) is 1. The van der Waals surface area contributed by atoms with Crippen LogP contribution in [0.3, 0.4) is 0 Å². The molecule has 5 nitrogen and oxygen atoms in total. The van der Waals surface area contributed by atoms with Crippen LogP contribution in [0.4, 0.5) is 5.69 Å². The Morgan fingerprint density at radius 3 is 2.95 bits per heavy atom. The second-order valence-electron chi connectivity index (χ2n) is 4.81. The molecule has 3 aromatic heterocycles. The molecule has 0 saturated heterocycles. The minimum absolute atomic E-state index is 0.732. The lowest BCUT2D eigenvalue weighted by atomic mass is 10.2. The lowest BCUT2D eigenvalue weighted by molar-refractivity contribution is 0.995. The van der Waals surface area contributed by atoms with E-state index in [9.17, 15) is 0 Å². The summed E-state index contributed by atoms with van der Waals surface area (Å²) in [5.41, 5.74) is 5.09. The third-order valence-corrected chi connectivity index (χ3v) is 4.25. The van der Waals surface area contributed by atoms with Crippen molar-refractivity contribution in [3.63, 3.8) is 0 Å². The van der Waals surface area contributed by atoms with Crippen LogP contribution in [0.25, 0.3) is 16.0 Å². The van der Waals surface area contributed by atoms with Gasteiger partial charge >= 0.3 is 0 Å². The van der Waals surface area contributed by atoms with Gasteiger partial charge in [-0.1, -0.05) is 0 Å². The molecule has 0 aliphatic rings. The fourth-order valence-electron chi connectivity index (χ4n) is 2.41. The van der Waals surface area contributed by atoms with Crippen molar-refractivity contribution in [3.8, 4) is 0 Å². The second-order valence-corrected chi connectivity index (χ2v) is 5.69. The van der Waals surface area contributed by atoms with E-state index in [1.807, 2.05) is 25.1 Å². The fraction of sp³-hybridized carbons (Fsp3) is 0.133. The van der Waals surface area contributed by atoms with Crippen molar-refractivity contribution in [2.75, 3.05) is 5.32 Å². The average molecular weight is 295 g/mol. The maximum absolute atomic E-state index is 4.55. The molecule has 104 valence electrons. The number of hydrogen-bond donors (Lipinski definition) is 1. The van der Waals surface area contributed by atoms with Crippen molar-refractivity contribution in [1.29, 1.82) is 0 Å². The van der Waals surface area contributed by atoms with Crippen molar-refractivity contribution < 1.29 is 0 Å². The molecule has 0 spiro atoms. The van der Waals surface area contributed by atoms with Crippen LogP contribution in [-0.4, -0.2) is 19.4 Å². The lowest BCUT2D eigenvalue weighted by Crippen LogP contribution is -2.03. The summed E-state index contributed by atoms with van der Waals surface area (Å²) in [6.45, 7) is 2.78. The highest BCUT2D eigenvalue weighted by Crippen LogP contribution is 2.19. The lowest BCUT2D eigenvalue weighted by Gasteiger charge is -2.07. The van der Waals surface area contributed by atoms with Gasteiger partial charge in [0, 0.05) is 29.7 Å². The zero-order valence-corrected chi connectivity index (χ0v) is 12.3. The van der Waals surface area contributed by atoms with Gasteiger partial charge in [0.2, 0.25) is 0 Å². The summed E-state index contributed by atoms with van der Waals surface area (Å²) >= 11 is 1.65. The quantitative estimate of drug-likeness (QED) is 0.630. The maximum Gasteiger partial charge on any atom is 0.194 e. The first-order valence-corrected chi connectivity index (χ1v) is 7.55. The van der Waals surface area contributed by atoms with E-state index in [1.54, 1.807) is 23.7 Å². The number of thiazole rings is 1. The Morgan fingerprint density at radius 2 is 2.05 bits per heavy atom. The Hall–Kier alpha value is -2.47. The number of imidazole rings is 1. The maximum atomic E-state index is 4.55. The molecule has 0 aliphatic heterocycles. The number of benzene rings is 1. The molecule has 4 rings (SSSR count). The van der Waals surface area contributed by atoms with E-state index in [1.165, 1.54) is 5.69 Å². The summed E-state index contributed by atoms with van der Waals surface area (Å²) in [7, 11) is 0. The summed E-state index contributed by atoms with van der Waals surface area (Å²) in [6, 6.07) is 6.02. The minimum atomic E-state index is 0.732. The monoisotopic (exact) mass is 295 g/mol. The molecule has 0 aliphatic carbocycles. The first-order chi connectivity index (χ1) is 10.3. The van der Waals surface area contributed by atoms with Crippen molar-refractivity contribution in [2.45, 2.75) is 13.5 Å². The third-order valence-electron chi connectivity index (χ3n) is 3.49. The van der Waals surface area contributed by atoms with E-state index in [4.69, 9.17) is 0 Å². The first-order valence-electron chi connectivity index (χ1n) is 6.67. The Bertz CT molecular complexity index is 924. The van der Waals surface area contributed by atoms with Crippen molar-refractivity contribution in [3.05, 3.63) is 53.6 Å². The Morgan fingerprint density at radius 1 is 1.19 bits per heavy atom. The van der Waals surface area contributed by atoms with Gasteiger partial charge in [0.15, 0.2) is 4.96 Å². The van der Waals surface area contributed by atoms with Crippen LogP contribution in [0, 0.1) is 6.92 Å². The normalized spacial score (nSPS) is 11.3. The zero-order chi connectivity index (χ0) is 14.2. The number of anilines is 1. The van der Waals surface area contributed by atoms with Crippen LogP contribution < -0.4 is 5.32 Å². The van der Waals surface area contributed by atoms with E-state index >= 15 is 0 Å². The molecule has 21 heavy (non-hydrogen) atoms. The van der Waals surface area contributed by atoms with E-state index < -0.39 is 0 Å². The molecule has 1 N–H and O–H groups in total. The Kier molecular flexibility index (Phi) is 2.82. The Balaban J connectivity index is 1.63. The summed E-state index contributed by atoms with van der Waals surface area (Å²) in [5.74, 6) is 0. The highest BCUT2D eigenvalue weighted by atomic mass is 32.1. The topological polar surface area (TPSA) is 55.1 Å². The van der Waals surface area contributed by atoms with Crippen LogP contribution in [0.2, 0.25) is 0 Å². The zero-order valence-electron chi connectivity index (χ0n) is 11.4. The smallest absolute Gasteiger partial charge is 0.194 e. The molecule has 0 radical (unpaired) electrons. The third kappa shape index (κ3) is 2.13. The molecule has 0 fully saturated rings. The second kappa shape index (κ2) is 4.82. The van der Waals surface area contributed by atoms with Gasteiger partial charge in [0.05, 0.1) is 29.0 Å². The summed E-state index contributed by atoms with van der Waals surface area (Å²) in [4.78, 5) is 14.2. The van der Waals surface area contributed by atoms with Crippen LogP contribution in [0.1, 0.15) is 11.4 Å². The fourth-order valence-corrected chi connectivity index (χ4v) is 3.19. The number of fused-ring (bicyclic) bond motifs is 2. The van der Waals surface area contributed by atoms with Crippen molar-refractivity contribution in [2.24, 2.45) is 0 Å². The van der Waals surface area contributed by atoms with Gasteiger partial charge < -0.3 is 5.32 Å². The highest BCUT2D eigenvalue weighted by molar-refractivity contribution is 7.15. The first kappa shape index (κ1) is 12.3. The highest BCUT2D eigenvalue weighted by Gasteiger charge is 2.09. The molecule has 6 heteroatoms. The predicted molar refractivity (Wildman–Crippen MR) is 84.7 cm³/mol. The predicted octanol–water partition coefficient (Wildman–Crippen LogP) is 3.26. The molecule has 3 heterocycles. The number of aromatic nitrogens is 4. The van der Waals surface area contributed by atoms with Gasteiger partial charge in [-0.25, -0.2) is 4.98 Å². The minimum Gasteiger partial charge on any atom is -0.379 e. The molecule has 0 bridgehead atoms. The van der Waals surface area contributed by atoms with E-state index in [0.29, 0.717) is 0 Å². The molecule has 0 saturated carbocycles. The van der Waals surface area contributed by atoms with Crippen molar-refractivity contribution >= 4 is 33.0 Å². The SMILES string of the molecule is Cc1nc2sccn2c1CNc1ccc2nccnc2c1. The molecule has 0 atom stereocenters. The van der Waals surface area contributed by atoms with Crippen LogP contribution >= 0.6 is 11.3 Å². The number of aryl methyl sites for hydroxylation is 1. The van der Waals surface area contributed by atoms with Gasteiger partial charge in [-0.2, -0.15) is 0 Å². The Labute approximate surface area is 125 Å². The van der Waals surface area contributed by atoms with Gasteiger partial charge in [-0.05, 0) is 25.1 Å². The molecule has 0 unspecified atom stereocenters. The summed E-state index contributed by atoms with van der Waals surface area (Å²) in [5, 5.41) is 5.49. The van der Waals surface area contributed by atoms with Gasteiger partial charge in [-0.3, -0.25) is 14.4 Å². The molecule has 4 aromatic rings. The van der Waals surface area contributed by atoms with Gasteiger partial charge in [-0.15, -0.1) is 11.3 Å². The van der Waals surface area contributed by atoms with Gasteiger partial charge in [0.25, 0.3) is 0 Å². The van der Waals surface area contributed by atoms with E-state index in [2.05, 4.69) is 36.2 Å². The average Bonchev–Trinajstić information content (AvgIpc) is 3.06. The van der Waals surface area contributed by atoms with Crippen LogP contribution in [0.15, 0.2) is 42.2 Å². The number of nitrogens with zero attached hydrogens (tertiary/aromatic N) is 4.